The lowest BCUT2D eigenvalue weighted by Gasteiger charge is -2.09. The van der Waals surface area contributed by atoms with Gasteiger partial charge in [0.15, 0.2) is 5.65 Å². The largest absolute Gasteiger partial charge is 0.462 e. The smallest absolute Gasteiger partial charge is 0.344 e. The molecule has 0 bridgehead atoms. The molecule has 0 spiro atoms. The van der Waals surface area contributed by atoms with Crippen LogP contribution in [0, 0.1) is 16.0 Å². The van der Waals surface area contributed by atoms with Crippen molar-refractivity contribution in [2.75, 3.05) is 12.3 Å². The lowest BCUT2D eigenvalue weighted by Crippen LogP contribution is -2.11. The molecule has 2 aromatic carbocycles. The fourth-order valence-electron chi connectivity index (χ4n) is 3.36. The van der Waals surface area contributed by atoms with Crippen LogP contribution in [0.3, 0.4) is 0 Å². The van der Waals surface area contributed by atoms with Crippen LogP contribution in [0.5, 0.6) is 0 Å². The summed E-state index contributed by atoms with van der Waals surface area (Å²) in [5.74, 6) is -0.235. The van der Waals surface area contributed by atoms with Crippen molar-refractivity contribution in [2.45, 2.75) is 20.3 Å². The van der Waals surface area contributed by atoms with E-state index in [0.717, 1.165) is 0 Å². The van der Waals surface area contributed by atoms with Crippen LogP contribution in [-0.4, -0.2) is 32.0 Å². The van der Waals surface area contributed by atoms with Crippen molar-refractivity contribution in [3.8, 4) is 5.69 Å². The molecule has 2 N–H and O–H groups in total. The molecular weight excluding hydrogens is 434 g/mol. The Labute approximate surface area is 187 Å². The Kier molecular flexibility index (Phi) is 5.67. The van der Waals surface area contributed by atoms with Gasteiger partial charge >= 0.3 is 5.97 Å². The van der Waals surface area contributed by atoms with Crippen LogP contribution >= 0.6 is 11.6 Å². The van der Waals surface area contributed by atoms with Gasteiger partial charge in [-0.2, -0.15) is 0 Å². The van der Waals surface area contributed by atoms with Gasteiger partial charge in [-0.25, -0.2) is 14.8 Å². The zero-order chi connectivity index (χ0) is 23.0. The Bertz CT molecular complexity index is 1370. The highest BCUT2D eigenvalue weighted by atomic mass is 35.5. The second-order valence-electron chi connectivity index (χ2n) is 7.69. The second-order valence-corrected chi connectivity index (χ2v) is 8.10. The first-order chi connectivity index (χ1) is 15.3. The molecule has 164 valence electrons. The summed E-state index contributed by atoms with van der Waals surface area (Å²) in [5, 5.41) is 11.4. The van der Waals surface area contributed by atoms with E-state index in [4.69, 9.17) is 22.1 Å². The zero-order valence-corrected chi connectivity index (χ0v) is 18.2. The molecular formula is C22H20ClN5O4. The number of hydrogen-bond acceptors (Lipinski definition) is 7. The first kappa shape index (κ1) is 21.5. The molecule has 10 heteroatoms. The SMILES string of the molecule is CC(C)CCOC(=O)c1c(N)n(-c2ccc(Cl)c([N+](=O)[O-])c2)c2nc3ccccc3nc12. The Hall–Kier alpha value is -3.72. The van der Waals surface area contributed by atoms with Crippen molar-refractivity contribution >= 4 is 51.3 Å². The van der Waals surface area contributed by atoms with E-state index >= 15 is 0 Å². The Morgan fingerprint density at radius 2 is 1.91 bits per heavy atom. The summed E-state index contributed by atoms with van der Waals surface area (Å²) < 4.78 is 6.90. The molecule has 0 aliphatic carbocycles. The molecule has 4 aromatic rings. The summed E-state index contributed by atoms with van der Waals surface area (Å²) in [6, 6.07) is 11.4. The van der Waals surface area contributed by atoms with Crippen molar-refractivity contribution in [2.24, 2.45) is 5.92 Å². The van der Waals surface area contributed by atoms with E-state index in [2.05, 4.69) is 9.97 Å². The molecule has 9 nitrogen and oxygen atoms in total. The number of nitrogens with zero attached hydrogens (tertiary/aromatic N) is 4. The molecule has 2 heterocycles. The molecule has 0 fully saturated rings. The van der Waals surface area contributed by atoms with Crippen LogP contribution in [0.2, 0.25) is 5.02 Å². The molecule has 2 aromatic heterocycles. The average Bonchev–Trinajstić information content (AvgIpc) is 3.02. The number of nitrogens with two attached hydrogens (primary N) is 1. The molecule has 0 amide bonds. The van der Waals surface area contributed by atoms with E-state index in [0.29, 0.717) is 29.1 Å². The monoisotopic (exact) mass is 453 g/mol. The van der Waals surface area contributed by atoms with Crippen molar-refractivity contribution < 1.29 is 14.5 Å². The minimum Gasteiger partial charge on any atom is -0.462 e. The average molecular weight is 454 g/mol. The minimum atomic E-state index is -0.625. The third-order valence-corrected chi connectivity index (χ3v) is 5.33. The Morgan fingerprint density at radius 1 is 1.22 bits per heavy atom. The summed E-state index contributed by atoms with van der Waals surface area (Å²) in [5.41, 5.74) is 8.20. The summed E-state index contributed by atoms with van der Waals surface area (Å²) in [6.07, 6.45) is 0.697. The number of esters is 1. The zero-order valence-electron chi connectivity index (χ0n) is 17.4. The van der Waals surface area contributed by atoms with Crippen molar-refractivity contribution in [3.05, 3.63) is 63.2 Å². The Morgan fingerprint density at radius 3 is 2.56 bits per heavy atom. The van der Waals surface area contributed by atoms with E-state index in [-0.39, 0.29) is 39.9 Å². The number of nitro benzene ring substituents is 1. The number of nitrogen functional groups attached to an aromatic ring is 1. The van der Waals surface area contributed by atoms with E-state index in [9.17, 15) is 14.9 Å². The van der Waals surface area contributed by atoms with Gasteiger partial charge < -0.3 is 10.5 Å². The lowest BCUT2D eigenvalue weighted by molar-refractivity contribution is -0.384. The van der Waals surface area contributed by atoms with Crippen LogP contribution < -0.4 is 5.73 Å². The fourth-order valence-corrected chi connectivity index (χ4v) is 3.55. The van der Waals surface area contributed by atoms with Gasteiger partial charge in [0.1, 0.15) is 21.9 Å². The van der Waals surface area contributed by atoms with Crippen LogP contribution in [-0.2, 0) is 4.74 Å². The molecule has 0 unspecified atom stereocenters. The highest BCUT2D eigenvalue weighted by Crippen LogP contribution is 2.34. The number of aromatic nitrogens is 3. The highest BCUT2D eigenvalue weighted by molar-refractivity contribution is 6.32. The maximum atomic E-state index is 13.0. The topological polar surface area (TPSA) is 126 Å². The number of carbonyl (C=O) groups excluding carboxylic acids is 1. The molecule has 0 saturated heterocycles. The normalized spacial score (nSPS) is 11.4. The number of carbonyl (C=O) groups is 1. The van der Waals surface area contributed by atoms with Gasteiger partial charge in [-0.3, -0.25) is 14.7 Å². The molecule has 32 heavy (non-hydrogen) atoms. The summed E-state index contributed by atoms with van der Waals surface area (Å²) in [4.78, 5) is 33.0. The number of rotatable bonds is 6. The molecule has 0 saturated carbocycles. The number of ether oxygens (including phenoxy) is 1. The first-order valence-corrected chi connectivity index (χ1v) is 10.3. The summed E-state index contributed by atoms with van der Waals surface area (Å²) in [7, 11) is 0. The van der Waals surface area contributed by atoms with Gasteiger partial charge in [0.2, 0.25) is 0 Å². The van der Waals surface area contributed by atoms with Crippen molar-refractivity contribution in [1.29, 1.82) is 0 Å². The van der Waals surface area contributed by atoms with Crippen LogP contribution in [0.25, 0.3) is 27.9 Å². The van der Waals surface area contributed by atoms with Crippen LogP contribution in [0.4, 0.5) is 11.5 Å². The van der Waals surface area contributed by atoms with Gasteiger partial charge in [-0.1, -0.05) is 37.6 Å². The quantitative estimate of drug-likeness (QED) is 0.249. The number of halogens is 1. The minimum absolute atomic E-state index is 0.0152. The van der Waals surface area contributed by atoms with Gasteiger partial charge in [0.05, 0.1) is 28.3 Å². The molecule has 0 aliphatic rings. The molecule has 0 radical (unpaired) electrons. The van der Waals surface area contributed by atoms with Gasteiger partial charge in [0, 0.05) is 6.07 Å². The van der Waals surface area contributed by atoms with E-state index in [1.165, 1.54) is 16.7 Å². The fraction of sp³-hybridized carbons (Fsp3) is 0.227. The summed E-state index contributed by atoms with van der Waals surface area (Å²) in [6.45, 7) is 4.29. The maximum absolute atomic E-state index is 13.0. The number of benzene rings is 2. The van der Waals surface area contributed by atoms with Crippen LogP contribution in [0.15, 0.2) is 42.5 Å². The third kappa shape index (κ3) is 3.82. The van der Waals surface area contributed by atoms with E-state index in [1.54, 1.807) is 18.2 Å². The highest BCUT2D eigenvalue weighted by Gasteiger charge is 2.27. The molecule has 0 atom stereocenters. The van der Waals surface area contributed by atoms with Gasteiger partial charge in [-0.15, -0.1) is 0 Å². The van der Waals surface area contributed by atoms with Crippen LogP contribution in [0.1, 0.15) is 30.6 Å². The van der Waals surface area contributed by atoms with Gasteiger partial charge in [-0.05, 0) is 36.6 Å². The molecule has 0 aliphatic heterocycles. The predicted molar refractivity (Wildman–Crippen MR) is 122 cm³/mol. The van der Waals surface area contributed by atoms with Gasteiger partial charge in [0.25, 0.3) is 5.69 Å². The molecule has 4 rings (SSSR count). The number of hydrogen-bond donors (Lipinski definition) is 1. The van der Waals surface area contributed by atoms with Crippen molar-refractivity contribution in [3.63, 3.8) is 0 Å². The number of para-hydroxylation sites is 2. The maximum Gasteiger partial charge on any atom is 0.344 e. The number of fused-ring (bicyclic) bond motifs is 2. The summed E-state index contributed by atoms with van der Waals surface area (Å²) >= 11 is 5.97. The number of nitro groups is 1. The number of anilines is 1. The second kappa shape index (κ2) is 8.43. The Balaban J connectivity index is 1.96. The van der Waals surface area contributed by atoms with E-state index in [1.807, 2.05) is 26.0 Å². The van der Waals surface area contributed by atoms with Crippen molar-refractivity contribution in [1.82, 2.24) is 14.5 Å². The predicted octanol–water partition coefficient (Wildman–Crippen LogP) is 4.92. The first-order valence-electron chi connectivity index (χ1n) is 9.96. The van der Waals surface area contributed by atoms with E-state index < -0.39 is 10.9 Å². The standard InChI is InChI=1S/C22H20ClN5O4/c1-12(2)9-10-32-22(29)18-19-21(26-16-6-4-3-5-15(16)25-19)27(20(18)24)13-7-8-14(23)17(11-13)28(30)31/h3-8,11-12H,9-10,24H2,1-2H3. The lowest BCUT2D eigenvalue weighted by atomic mass is 10.1. The third-order valence-electron chi connectivity index (χ3n) is 5.01.